The van der Waals surface area contributed by atoms with Crippen LogP contribution in [-0.2, 0) is 9.59 Å². The summed E-state index contributed by atoms with van der Waals surface area (Å²) >= 11 is 0. The maximum absolute atomic E-state index is 12.1. The molecular weight excluding hydrogens is 278 g/mol. The number of hydrogen-bond donors (Lipinski definition) is 3. The van der Waals surface area contributed by atoms with E-state index < -0.39 is 0 Å². The fraction of sp³-hybridized carbons (Fsp3) is 0.529. The number of piperidine rings is 1. The minimum absolute atomic E-state index is 0.0381. The Bertz CT molecular complexity index is 537. The fourth-order valence-corrected chi connectivity index (χ4v) is 2.75. The number of hydrogen-bond acceptors (Lipinski definition) is 3. The van der Waals surface area contributed by atoms with Crippen LogP contribution in [0.25, 0.3) is 0 Å². The van der Waals surface area contributed by atoms with Crippen molar-refractivity contribution in [1.29, 1.82) is 0 Å². The number of rotatable bonds is 5. The lowest BCUT2D eigenvalue weighted by Gasteiger charge is -2.22. The average Bonchev–Trinajstić information content (AvgIpc) is 2.49. The number of benzene rings is 1. The Morgan fingerprint density at radius 1 is 1.23 bits per heavy atom. The van der Waals surface area contributed by atoms with E-state index >= 15 is 0 Å². The van der Waals surface area contributed by atoms with Crippen LogP contribution in [0.2, 0.25) is 0 Å². The van der Waals surface area contributed by atoms with Gasteiger partial charge in [0, 0.05) is 24.7 Å². The third kappa shape index (κ3) is 5.15. The zero-order valence-electron chi connectivity index (χ0n) is 13.4. The summed E-state index contributed by atoms with van der Waals surface area (Å²) in [6.45, 7) is 5.52. The second-order valence-electron chi connectivity index (χ2n) is 5.99. The number of carbonyl (C=O) groups excluding carboxylic acids is 2. The van der Waals surface area contributed by atoms with Crippen LogP contribution in [0, 0.1) is 12.8 Å². The van der Waals surface area contributed by atoms with Gasteiger partial charge >= 0.3 is 0 Å². The second kappa shape index (κ2) is 7.94. The summed E-state index contributed by atoms with van der Waals surface area (Å²) in [4.78, 5) is 23.2. The molecule has 0 bridgehead atoms. The van der Waals surface area contributed by atoms with Crippen molar-refractivity contribution in [2.45, 2.75) is 39.5 Å². The molecule has 22 heavy (non-hydrogen) atoms. The number of carbonyl (C=O) groups is 2. The molecule has 1 saturated heterocycles. The van der Waals surface area contributed by atoms with Crippen molar-refractivity contribution >= 4 is 23.2 Å². The van der Waals surface area contributed by atoms with Crippen molar-refractivity contribution in [3.05, 3.63) is 23.8 Å². The quantitative estimate of drug-likeness (QED) is 0.783. The monoisotopic (exact) mass is 303 g/mol. The fourth-order valence-electron chi connectivity index (χ4n) is 2.75. The SMILES string of the molecule is CC(=O)Nc1cc(NC(=O)CCC2CCNCC2)ccc1C. The van der Waals surface area contributed by atoms with Gasteiger partial charge < -0.3 is 16.0 Å². The van der Waals surface area contributed by atoms with Gasteiger partial charge in [-0.05, 0) is 62.9 Å². The van der Waals surface area contributed by atoms with E-state index in [2.05, 4.69) is 16.0 Å². The average molecular weight is 303 g/mol. The van der Waals surface area contributed by atoms with Crippen molar-refractivity contribution in [1.82, 2.24) is 5.32 Å². The molecule has 120 valence electrons. The number of aryl methyl sites for hydroxylation is 1. The van der Waals surface area contributed by atoms with Gasteiger partial charge in [0.2, 0.25) is 11.8 Å². The normalized spacial score (nSPS) is 15.4. The Labute approximate surface area is 131 Å². The molecule has 3 N–H and O–H groups in total. The molecule has 1 fully saturated rings. The standard InChI is InChI=1S/C17H25N3O2/c1-12-3-5-15(11-16(12)19-13(2)21)20-17(22)6-4-14-7-9-18-10-8-14/h3,5,11,14,18H,4,6-10H2,1-2H3,(H,19,21)(H,20,22). The molecule has 5 heteroatoms. The largest absolute Gasteiger partial charge is 0.326 e. The van der Waals surface area contributed by atoms with Crippen molar-refractivity contribution in [2.24, 2.45) is 5.92 Å². The van der Waals surface area contributed by atoms with Gasteiger partial charge in [-0.25, -0.2) is 0 Å². The summed E-state index contributed by atoms with van der Waals surface area (Å²) in [6, 6.07) is 5.57. The third-order valence-electron chi connectivity index (χ3n) is 4.07. The van der Waals surface area contributed by atoms with Gasteiger partial charge in [-0.15, -0.1) is 0 Å². The van der Waals surface area contributed by atoms with Crippen molar-refractivity contribution in [2.75, 3.05) is 23.7 Å². The van der Waals surface area contributed by atoms with E-state index in [0.29, 0.717) is 12.3 Å². The van der Waals surface area contributed by atoms with Crippen LogP contribution in [0.3, 0.4) is 0 Å². The molecular formula is C17H25N3O2. The molecule has 0 saturated carbocycles. The molecule has 1 aliphatic heterocycles. The van der Waals surface area contributed by atoms with Crippen molar-refractivity contribution < 1.29 is 9.59 Å². The third-order valence-corrected chi connectivity index (χ3v) is 4.07. The highest BCUT2D eigenvalue weighted by molar-refractivity contribution is 5.93. The minimum atomic E-state index is -0.113. The van der Waals surface area contributed by atoms with Crippen LogP contribution in [0.4, 0.5) is 11.4 Å². The van der Waals surface area contributed by atoms with E-state index in [4.69, 9.17) is 0 Å². The molecule has 0 radical (unpaired) electrons. The van der Waals surface area contributed by atoms with Gasteiger partial charge in [-0.1, -0.05) is 6.07 Å². The molecule has 0 aliphatic carbocycles. The summed E-state index contributed by atoms with van der Waals surface area (Å²) in [5.41, 5.74) is 2.44. The molecule has 0 unspecified atom stereocenters. The van der Waals surface area contributed by atoms with Crippen LogP contribution < -0.4 is 16.0 Å². The lowest BCUT2D eigenvalue weighted by Crippen LogP contribution is -2.28. The lowest BCUT2D eigenvalue weighted by molar-refractivity contribution is -0.116. The summed E-state index contributed by atoms with van der Waals surface area (Å²) in [5.74, 6) is 0.577. The van der Waals surface area contributed by atoms with Gasteiger partial charge in [-0.3, -0.25) is 9.59 Å². The Morgan fingerprint density at radius 2 is 1.95 bits per heavy atom. The van der Waals surface area contributed by atoms with Gasteiger partial charge in [0.25, 0.3) is 0 Å². The highest BCUT2D eigenvalue weighted by atomic mass is 16.2. The Morgan fingerprint density at radius 3 is 2.64 bits per heavy atom. The zero-order valence-corrected chi connectivity index (χ0v) is 13.4. The molecule has 0 spiro atoms. The topological polar surface area (TPSA) is 70.2 Å². The highest BCUT2D eigenvalue weighted by Crippen LogP contribution is 2.22. The van der Waals surface area contributed by atoms with E-state index in [1.807, 2.05) is 19.1 Å². The second-order valence-corrected chi connectivity index (χ2v) is 5.99. The molecule has 1 aliphatic rings. The predicted octanol–water partition coefficient (Wildman–Crippen LogP) is 2.67. The smallest absolute Gasteiger partial charge is 0.224 e. The molecule has 2 rings (SSSR count). The summed E-state index contributed by atoms with van der Waals surface area (Å²) in [5, 5.41) is 9.02. The lowest BCUT2D eigenvalue weighted by atomic mass is 9.93. The number of amides is 2. The molecule has 0 aromatic heterocycles. The van der Waals surface area contributed by atoms with E-state index in [-0.39, 0.29) is 11.8 Å². The van der Waals surface area contributed by atoms with Gasteiger partial charge in [0.15, 0.2) is 0 Å². The predicted molar refractivity (Wildman–Crippen MR) is 88.9 cm³/mol. The van der Waals surface area contributed by atoms with Crippen molar-refractivity contribution in [3.63, 3.8) is 0 Å². The first-order valence-electron chi connectivity index (χ1n) is 7.93. The van der Waals surface area contributed by atoms with Crippen LogP contribution in [-0.4, -0.2) is 24.9 Å². The van der Waals surface area contributed by atoms with E-state index in [1.54, 1.807) is 6.07 Å². The Balaban J connectivity index is 1.86. The van der Waals surface area contributed by atoms with Crippen molar-refractivity contribution in [3.8, 4) is 0 Å². The highest BCUT2D eigenvalue weighted by Gasteiger charge is 2.14. The molecule has 1 aromatic carbocycles. The molecule has 1 aromatic rings. The maximum Gasteiger partial charge on any atom is 0.224 e. The minimum Gasteiger partial charge on any atom is -0.326 e. The zero-order chi connectivity index (χ0) is 15.9. The number of anilines is 2. The van der Waals surface area contributed by atoms with Crippen LogP contribution in [0.5, 0.6) is 0 Å². The molecule has 2 amide bonds. The van der Waals surface area contributed by atoms with Gasteiger partial charge in [0.1, 0.15) is 0 Å². The van der Waals surface area contributed by atoms with E-state index in [9.17, 15) is 9.59 Å². The van der Waals surface area contributed by atoms with Gasteiger partial charge in [-0.2, -0.15) is 0 Å². The van der Waals surface area contributed by atoms with Gasteiger partial charge in [0.05, 0.1) is 0 Å². The molecule has 0 atom stereocenters. The van der Waals surface area contributed by atoms with E-state index in [0.717, 1.165) is 49.3 Å². The Hall–Kier alpha value is -1.88. The van der Waals surface area contributed by atoms with Crippen LogP contribution in [0.1, 0.15) is 38.2 Å². The molecule has 5 nitrogen and oxygen atoms in total. The Kier molecular flexibility index (Phi) is 5.95. The first-order chi connectivity index (χ1) is 10.5. The number of nitrogens with one attached hydrogen (secondary N) is 3. The first-order valence-corrected chi connectivity index (χ1v) is 7.93. The summed E-state index contributed by atoms with van der Waals surface area (Å²) < 4.78 is 0. The van der Waals surface area contributed by atoms with Crippen LogP contribution >= 0.6 is 0 Å². The summed E-state index contributed by atoms with van der Waals surface area (Å²) in [7, 11) is 0. The first kappa shape index (κ1) is 16.5. The van der Waals surface area contributed by atoms with E-state index in [1.165, 1.54) is 6.92 Å². The summed E-state index contributed by atoms with van der Waals surface area (Å²) in [6.07, 6.45) is 3.81. The maximum atomic E-state index is 12.1. The van der Waals surface area contributed by atoms with Crippen LogP contribution in [0.15, 0.2) is 18.2 Å². The molecule has 1 heterocycles.